The lowest BCUT2D eigenvalue weighted by molar-refractivity contribution is 0.0951. The molecular formula is C28H33N3O3S. The Morgan fingerprint density at radius 2 is 1.54 bits per heavy atom. The fourth-order valence-electron chi connectivity index (χ4n) is 4.36. The molecule has 0 radical (unpaired) electrons. The van der Waals surface area contributed by atoms with E-state index in [-0.39, 0.29) is 12.5 Å². The Hall–Kier alpha value is -3.16. The minimum Gasteiger partial charge on any atom is -0.348 e. The Morgan fingerprint density at radius 3 is 2.17 bits per heavy atom. The number of aryl methyl sites for hydroxylation is 1. The highest BCUT2D eigenvalue weighted by molar-refractivity contribution is 7.92. The highest BCUT2D eigenvalue weighted by Crippen LogP contribution is 2.22. The fourth-order valence-corrected chi connectivity index (χ4v) is 5.24. The number of carbonyl (C=O) groups is 1. The number of amides is 1. The molecule has 0 unspecified atom stereocenters. The number of hydrogen-bond acceptors (Lipinski definition) is 4. The van der Waals surface area contributed by atoms with Crippen LogP contribution in [0.3, 0.4) is 0 Å². The summed E-state index contributed by atoms with van der Waals surface area (Å²) in [4.78, 5) is 15.1. The minimum absolute atomic E-state index is 0.156. The SMILES string of the molecule is Cc1cccc(N(Cc2ccc(C(=O)NCc3ccc(CN4CCCC4)cc3)cc2)S(C)(=O)=O)c1. The normalized spacial score (nSPS) is 14.1. The van der Waals surface area contributed by atoms with Crippen LogP contribution < -0.4 is 9.62 Å². The second-order valence-corrected chi connectivity index (χ2v) is 11.2. The summed E-state index contributed by atoms with van der Waals surface area (Å²) in [6.45, 7) is 5.93. The molecule has 6 nitrogen and oxygen atoms in total. The number of likely N-dealkylation sites (tertiary alicyclic amines) is 1. The van der Waals surface area contributed by atoms with E-state index in [1.54, 1.807) is 30.3 Å². The van der Waals surface area contributed by atoms with Gasteiger partial charge in [-0.05, 0) is 79.4 Å². The third kappa shape index (κ3) is 6.93. The molecule has 1 saturated heterocycles. The molecule has 1 amide bonds. The molecule has 0 atom stereocenters. The topological polar surface area (TPSA) is 69.7 Å². The summed E-state index contributed by atoms with van der Waals surface area (Å²) in [5, 5.41) is 2.97. The number of carbonyl (C=O) groups excluding carboxylic acids is 1. The molecule has 0 bridgehead atoms. The second-order valence-electron chi connectivity index (χ2n) is 9.29. The minimum atomic E-state index is -3.46. The van der Waals surface area contributed by atoms with Crippen LogP contribution in [0.15, 0.2) is 72.8 Å². The summed E-state index contributed by atoms with van der Waals surface area (Å²) in [7, 11) is -3.46. The van der Waals surface area contributed by atoms with E-state index in [0.29, 0.717) is 17.8 Å². The molecule has 4 rings (SSSR count). The van der Waals surface area contributed by atoms with Gasteiger partial charge in [0.15, 0.2) is 0 Å². The standard InChI is InChI=1S/C28H33N3O3S/c1-22-6-5-7-27(18-22)31(35(2,33)34)21-25-12-14-26(15-13-25)28(32)29-19-23-8-10-24(11-9-23)20-30-16-3-4-17-30/h5-15,18H,3-4,16-17,19-21H2,1-2H3,(H,29,32). The molecule has 35 heavy (non-hydrogen) atoms. The number of nitrogens with zero attached hydrogens (tertiary/aromatic N) is 2. The first-order chi connectivity index (χ1) is 16.8. The zero-order valence-corrected chi connectivity index (χ0v) is 21.2. The Kier molecular flexibility index (Phi) is 7.88. The zero-order valence-electron chi connectivity index (χ0n) is 20.4. The van der Waals surface area contributed by atoms with Crippen LogP contribution in [-0.4, -0.2) is 38.6 Å². The lowest BCUT2D eigenvalue weighted by Crippen LogP contribution is -2.29. The quantitative estimate of drug-likeness (QED) is 0.479. The number of benzene rings is 3. The van der Waals surface area contributed by atoms with Gasteiger partial charge in [-0.1, -0.05) is 48.5 Å². The first-order valence-electron chi connectivity index (χ1n) is 12.0. The Labute approximate surface area is 208 Å². The molecule has 0 spiro atoms. The molecule has 1 N–H and O–H groups in total. The van der Waals surface area contributed by atoms with Crippen molar-refractivity contribution in [3.05, 3.63) is 101 Å². The van der Waals surface area contributed by atoms with Crippen molar-refractivity contribution in [2.24, 2.45) is 0 Å². The largest absolute Gasteiger partial charge is 0.348 e. The van der Waals surface area contributed by atoms with Crippen LogP contribution in [0.5, 0.6) is 0 Å². The second kappa shape index (κ2) is 11.1. The van der Waals surface area contributed by atoms with E-state index >= 15 is 0 Å². The first-order valence-corrected chi connectivity index (χ1v) is 13.8. The van der Waals surface area contributed by atoms with Gasteiger partial charge in [0.2, 0.25) is 10.0 Å². The van der Waals surface area contributed by atoms with E-state index in [4.69, 9.17) is 0 Å². The maximum Gasteiger partial charge on any atom is 0.251 e. The van der Waals surface area contributed by atoms with Crippen molar-refractivity contribution in [1.82, 2.24) is 10.2 Å². The number of anilines is 1. The predicted molar refractivity (Wildman–Crippen MR) is 141 cm³/mol. The van der Waals surface area contributed by atoms with Gasteiger partial charge in [-0.25, -0.2) is 8.42 Å². The van der Waals surface area contributed by atoms with Crippen LogP contribution in [0.4, 0.5) is 5.69 Å². The molecule has 0 aliphatic carbocycles. The molecule has 7 heteroatoms. The zero-order chi connectivity index (χ0) is 24.8. The highest BCUT2D eigenvalue weighted by atomic mass is 32.2. The van der Waals surface area contributed by atoms with Gasteiger partial charge in [0, 0.05) is 18.7 Å². The summed E-state index contributed by atoms with van der Waals surface area (Å²) < 4.78 is 26.2. The van der Waals surface area contributed by atoms with Gasteiger partial charge >= 0.3 is 0 Å². The molecule has 3 aromatic carbocycles. The van der Waals surface area contributed by atoms with Crippen LogP contribution in [0.1, 0.15) is 45.5 Å². The Balaban J connectivity index is 1.34. The Morgan fingerprint density at radius 1 is 0.914 bits per heavy atom. The van der Waals surface area contributed by atoms with Crippen LogP contribution in [0.25, 0.3) is 0 Å². The Bertz CT molecular complexity index is 1250. The van der Waals surface area contributed by atoms with E-state index in [1.807, 2.05) is 25.1 Å². The molecule has 3 aromatic rings. The van der Waals surface area contributed by atoms with Gasteiger partial charge in [-0.2, -0.15) is 0 Å². The number of nitrogens with one attached hydrogen (secondary N) is 1. The average Bonchev–Trinajstić information content (AvgIpc) is 3.34. The van der Waals surface area contributed by atoms with Gasteiger partial charge in [0.25, 0.3) is 5.91 Å². The molecule has 1 aliphatic heterocycles. The van der Waals surface area contributed by atoms with E-state index in [9.17, 15) is 13.2 Å². The van der Waals surface area contributed by atoms with Crippen LogP contribution in [-0.2, 0) is 29.7 Å². The molecular weight excluding hydrogens is 458 g/mol. The van der Waals surface area contributed by atoms with Crippen molar-refractivity contribution in [1.29, 1.82) is 0 Å². The fraction of sp³-hybridized carbons (Fsp3) is 0.321. The van der Waals surface area contributed by atoms with Crippen LogP contribution in [0, 0.1) is 6.92 Å². The summed E-state index contributed by atoms with van der Waals surface area (Å²) in [6.07, 6.45) is 3.78. The van der Waals surface area contributed by atoms with Crippen molar-refractivity contribution < 1.29 is 13.2 Å². The molecule has 184 valence electrons. The molecule has 0 aromatic heterocycles. The van der Waals surface area contributed by atoms with E-state index in [2.05, 4.69) is 34.5 Å². The number of hydrogen-bond donors (Lipinski definition) is 1. The van der Waals surface area contributed by atoms with Gasteiger partial charge in [0.1, 0.15) is 0 Å². The monoisotopic (exact) mass is 491 g/mol. The number of sulfonamides is 1. The molecule has 1 heterocycles. The van der Waals surface area contributed by atoms with Gasteiger partial charge in [-0.15, -0.1) is 0 Å². The van der Waals surface area contributed by atoms with E-state index in [1.165, 1.54) is 42.1 Å². The van der Waals surface area contributed by atoms with Crippen molar-refractivity contribution in [3.8, 4) is 0 Å². The lowest BCUT2D eigenvalue weighted by atomic mass is 10.1. The summed E-state index contributed by atoms with van der Waals surface area (Å²) in [5.74, 6) is -0.156. The van der Waals surface area contributed by atoms with Gasteiger partial charge in [0.05, 0.1) is 18.5 Å². The maximum absolute atomic E-state index is 12.6. The highest BCUT2D eigenvalue weighted by Gasteiger charge is 2.18. The third-order valence-corrected chi connectivity index (χ3v) is 7.45. The molecule has 1 fully saturated rings. The summed E-state index contributed by atoms with van der Waals surface area (Å²) >= 11 is 0. The predicted octanol–water partition coefficient (Wildman–Crippen LogP) is 4.49. The van der Waals surface area contributed by atoms with Gasteiger partial charge < -0.3 is 5.32 Å². The smallest absolute Gasteiger partial charge is 0.251 e. The van der Waals surface area contributed by atoms with Crippen molar-refractivity contribution in [2.45, 2.75) is 39.4 Å². The van der Waals surface area contributed by atoms with Crippen molar-refractivity contribution >= 4 is 21.6 Å². The van der Waals surface area contributed by atoms with E-state index in [0.717, 1.165) is 23.2 Å². The van der Waals surface area contributed by atoms with Crippen LogP contribution >= 0.6 is 0 Å². The van der Waals surface area contributed by atoms with Crippen molar-refractivity contribution in [3.63, 3.8) is 0 Å². The average molecular weight is 492 g/mol. The van der Waals surface area contributed by atoms with Crippen LogP contribution in [0.2, 0.25) is 0 Å². The first kappa shape index (κ1) is 24.9. The van der Waals surface area contributed by atoms with E-state index < -0.39 is 10.0 Å². The summed E-state index contributed by atoms with van der Waals surface area (Å²) in [5.41, 5.74) is 5.32. The molecule has 1 aliphatic rings. The van der Waals surface area contributed by atoms with Gasteiger partial charge in [-0.3, -0.25) is 14.0 Å². The lowest BCUT2D eigenvalue weighted by Gasteiger charge is -2.23. The third-order valence-electron chi connectivity index (χ3n) is 6.31. The van der Waals surface area contributed by atoms with Crippen molar-refractivity contribution in [2.75, 3.05) is 23.7 Å². The summed E-state index contributed by atoms with van der Waals surface area (Å²) in [6, 6.07) is 22.9. The molecule has 0 saturated carbocycles. The number of rotatable bonds is 9. The maximum atomic E-state index is 12.6.